The first kappa shape index (κ1) is 11.7. The number of nitrogen functional groups attached to an aromatic ring is 1. The van der Waals surface area contributed by atoms with Gasteiger partial charge in [0.1, 0.15) is 0 Å². The fourth-order valence-electron chi connectivity index (χ4n) is 1.67. The summed E-state index contributed by atoms with van der Waals surface area (Å²) in [5.74, 6) is -0.146. The van der Waals surface area contributed by atoms with E-state index in [1.807, 2.05) is 43.5 Å². The molecule has 0 saturated carbocycles. The summed E-state index contributed by atoms with van der Waals surface area (Å²) in [6, 6.07) is 7.69. The van der Waals surface area contributed by atoms with E-state index in [4.69, 9.17) is 5.73 Å². The number of hydrogen-bond acceptors (Lipinski definition) is 3. The zero-order valence-corrected chi connectivity index (χ0v) is 10.6. The number of carbonyl (C=O) groups excluding carboxylic acids is 1. The lowest BCUT2D eigenvalue weighted by Crippen LogP contribution is -2.13. The van der Waals surface area contributed by atoms with Crippen LogP contribution < -0.4 is 11.1 Å². The van der Waals surface area contributed by atoms with E-state index in [1.165, 1.54) is 11.3 Å². The molecule has 2 aromatic rings. The van der Waals surface area contributed by atoms with Crippen LogP contribution in [0.5, 0.6) is 0 Å². The van der Waals surface area contributed by atoms with Crippen LogP contribution in [0.2, 0.25) is 0 Å². The van der Waals surface area contributed by atoms with Crippen molar-refractivity contribution < 1.29 is 4.79 Å². The fourth-order valence-corrected chi connectivity index (χ4v) is 2.46. The maximum atomic E-state index is 12.0. The Morgan fingerprint density at radius 3 is 2.71 bits per heavy atom. The summed E-state index contributed by atoms with van der Waals surface area (Å²) in [6.45, 7) is 3.87. The molecule has 17 heavy (non-hydrogen) atoms. The summed E-state index contributed by atoms with van der Waals surface area (Å²) in [5, 5.41) is 5.31. The summed E-state index contributed by atoms with van der Waals surface area (Å²) in [5.41, 5.74) is 9.18. The number of anilines is 2. The molecule has 4 heteroatoms. The lowest BCUT2D eigenvalue weighted by atomic mass is 10.1. The monoisotopic (exact) mass is 246 g/mol. The van der Waals surface area contributed by atoms with Crippen molar-refractivity contribution in [1.82, 2.24) is 0 Å². The van der Waals surface area contributed by atoms with Gasteiger partial charge in [-0.2, -0.15) is 0 Å². The van der Waals surface area contributed by atoms with Crippen molar-refractivity contribution in [2.24, 2.45) is 0 Å². The van der Waals surface area contributed by atoms with Crippen molar-refractivity contribution in [2.45, 2.75) is 13.8 Å². The number of rotatable bonds is 2. The Balaban J connectivity index is 2.23. The van der Waals surface area contributed by atoms with Crippen LogP contribution in [0.1, 0.15) is 21.5 Å². The second-order valence-electron chi connectivity index (χ2n) is 3.98. The minimum Gasteiger partial charge on any atom is -0.390 e. The molecule has 0 fully saturated rings. The number of nitrogens with one attached hydrogen (secondary N) is 1. The minimum atomic E-state index is -0.146. The lowest BCUT2D eigenvalue weighted by molar-refractivity contribution is 0.102. The van der Waals surface area contributed by atoms with Crippen LogP contribution in [-0.2, 0) is 0 Å². The molecule has 1 amide bonds. The van der Waals surface area contributed by atoms with Crippen molar-refractivity contribution in [3.05, 3.63) is 46.3 Å². The molecule has 0 atom stereocenters. The van der Waals surface area contributed by atoms with E-state index in [0.717, 1.165) is 16.8 Å². The molecule has 0 aliphatic carbocycles. The number of amides is 1. The lowest BCUT2D eigenvalue weighted by Gasteiger charge is -2.06. The first-order valence-corrected chi connectivity index (χ1v) is 6.17. The minimum absolute atomic E-state index is 0.146. The fraction of sp³-hybridized carbons (Fsp3) is 0.154. The van der Waals surface area contributed by atoms with Crippen LogP contribution in [0.3, 0.4) is 0 Å². The van der Waals surface area contributed by atoms with E-state index >= 15 is 0 Å². The average molecular weight is 246 g/mol. The second-order valence-corrected chi connectivity index (χ2v) is 4.89. The van der Waals surface area contributed by atoms with Gasteiger partial charge in [-0.3, -0.25) is 4.79 Å². The summed E-state index contributed by atoms with van der Waals surface area (Å²) in [6.07, 6.45) is 0. The molecule has 2 rings (SSSR count). The summed E-state index contributed by atoms with van der Waals surface area (Å²) in [7, 11) is 0. The van der Waals surface area contributed by atoms with Gasteiger partial charge < -0.3 is 11.1 Å². The maximum absolute atomic E-state index is 12.0. The standard InChI is InChI=1S/C13H14N2OS/c1-8-4-3-5-10(6-8)15-13(16)11-9(2)7-17-12(11)14/h3-7H,14H2,1-2H3,(H,15,16). The molecule has 0 bridgehead atoms. The predicted molar refractivity (Wildman–Crippen MR) is 72.6 cm³/mol. The van der Waals surface area contributed by atoms with E-state index in [9.17, 15) is 4.79 Å². The molecule has 3 N–H and O–H groups in total. The Bertz CT molecular complexity index is 541. The van der Waals surface area contributed by atoms with Crippen molar-refractivity contribution >= 4 is 27.9 Å². The van der Waals surface area contributed by atoms with Crippen molar-refractivity contribution in [3.63, 3.8) is 0 Å². The summed E-state index contributed by atoms with van der Waals surface area (Å²) in [4.78, 5) is 12.0. The number of hydrogen-bond donors (Lipinski definition) is 2. The normalized spacial score (nSPS) is 10.2. The van der Waals surface area contributed by atoms with Gasteiger partial charge in [0.05, 0.1) is 10.6 Å². The van der Waals surface area contributed by atoms with Crippen LogP contribution >= 0.6 is 11.3 Å². The van der Waals surface area contributed by atoms with Gasteiger partial charge in [-0.1, -0.05) is 12.1 Å². The van der Waals surface area contributed by atoms with E-state index in [0.29, 0.717) is 10.6 Å². The molecule has 1 heterocycles. The van der Waals surface area contributed by atoms with Gasteiger partial charge in [-0.25, -0.2) is 0 Å². The van der Waals surface area contributed by atoms with Gasteiger partial charge in [0.2, 0.25) is 0 Å². The number of benzene rings is 1. The highest BCUT2D eigenvalue weighted by molar-refractivity contribution is 7.14. The average Bonchev–Trinajstić information content (AvgIpc) is 2.58. The smallest absolute Gasteiger partial charge is 0.258 e. The Hall–Kier alpha value is -1.81. The number of carbonyl (C=O) groups is 1. The van der Waals surface area contributed by atoms with Crippen LogP contribution in [0.15, 0.2) is 29.6 Å². The van der Waals surface area contributed by atoms with E-state index < -0.39 is 0 Å². The molecule has 1 aromatic heterocycles. The predicted octanol–water partition coefficient (Wildman–Crippen LogP) is 3.20. The molecule has 0 unspecified atom stereocenters. The van der Waals surface area contributed by atoms with Crippen LogP contribution in [-0.4, -0.2) is 5.91 Å². The molecule has 1 aromatic carbocycles. The topological polar surface area (TPSA) is 55.1 Å². The van der Waals surface area contributed by atoms with Gasteiger partial charge in [0, 0.05) is 5.69 Å². The molecule has 0 aliphatic rings. The highest BCUT2D eigenvalue weighted by Crippen LogP contribution is 2.25. The third kappa shape index (κ3) is 2.47. The Labute approximate surface area is 104 Å². The largest absolute Gasteiger partial charge is 0.390 e. The maximum Gasteiger partial charge on any atom is 0.258 e. The third-order valence-corrected chi connectivity index (χ3v) is 3.44. The highest BCUT2D eigenvalue weighted by atomic mass is 32.1. The molecular formula is C13H14N2OS. The molecule has 0 saturated heterocycles. The molecule has 0 radical (unpaired) electrons. The van der Waals surface area contributed by atoms with Crippen LogP contribution in [0.4, 0.5) is 10.7 Å². The molecule has 0 aliphatic heterocycles. The number of aryl methyl sites for hydroxylation is 2. The van der Waals surface area contributed by atoms with Crippen molar-refractivity contribution in [2.75, 3.05) is 11.1 Å². The molecule has 88 valence electrons. The first-order valence-electron chi connectivity index (χ1n) is 5.29. The van der Waals surface area contributed by atoms with Gasteiger partial charge in [0.25, 0.3) is 5.91 Å². The van der Waals surface area contributed by atoms with Crippen LogP contribution in [0.25, 0.3) is 0 Å². The Kier molecular flexibility index (Phi) is 3.15. The van der Waals surface area contributed by atoms with E-state index in [-0.39, 0.29) is 5.91 Å². The van der Waals surface area contributed by atoms with Crippen LogP contribution in [0, 0.1) is 13.8 Å². The van der Waals surface area contributed by atoms with Crippen molar-refractivity contribution in [1.29, 1.82) is 0 Å². The molecular weight excluding hydrogens is 232 g/mol. The molecule has 3 nitrogen and oxygen atoms in total. The SMILES string of the molecule is Cc1cccc(NC(=O)c2c(C)csc2N)c1. The highest BCUT2D eigenvalue weighted by Gasteiger charge is 2.14. The first-order chi connectivity index (χ1) is 8.08. The number of nitrogens with two attached hydrogens (primary N) is 1. The van der Waals surface area contributed by atoms with E-state index in [2.05, 4.69) is 5.32 Å². The Morgan fingerprint density at radius 2 is 2.12 bits per heavy atom. The van der Waals surface area contributed by atoms with Gasteiger partial charge in [-0.15, -0.1) is 11.3 Å². The van der Waals surface area contributed by atoms with Gasteiger partial charge >= 0.3 is 0 Å². The Morgan fingerprint density at radius 1 is 1.35 bits per heavy atom. The molecule has 0 spiro atoms. The number of thiophene rings is 1. The van der Waals surface area contributed by atoms with Gasteiger partial charge in [-0.05, 0) is 42.5 Å². The summed E-state index contributed by atoms with van der Waals surface area (Å²) >= 11 is 1.39. The zero-order valence-electron chi connectivity index (χ0n) is 9.78. The van der Waals surface area contributed by atoms with Gasteiger partial charge in [0.15, 0.2) is 0 Å². The third-order valence-electron chi connectivity index (χ3n) is 2.51. The van der Waals surface area contributed by atoms with Crippen molar-refractivity contribution in [3.8, 4) is 0 Å². The second kappa shape index (κ2) is 4.59. The van der Waals surface area contributed by atoms with E-state index in [1.54, 1.807) is 0 Å². The quantitative estimate of drug-likeness (QED) is 0.855. The zero-order chi connectivity index (χ0) is 12.4. The summed E-state index contributed by atoms with van der Waals surface area (Å²) < 4.78 is 0.